The third-order valence-corrected chi connectivity index (χ3v) is 3.76. The molecule has 148 valence electrons. The molecule has 1 unspecified atom stereocenters. The second-order valence-corrected chi connectivity index (χ2v) is 6.82. The van der Waals surface area contributed by atoms with Crippen LogP contribution in [0.25, 0.3) is 0 Å². The summed E-state index contributed by atoms with van der Waals surface area (Å²) in [6, 6.07) is 8.00. The Morgan fingerprint density at radius 1 is 1.04 bits per heavy atom. The monoisotopic (exact) mass is 475 g/mol. The number of guanidine groups is 1. The Bertz CT molecular complexity index is 558. The van der Waals surface area contributed by atoms with Crippen LogP contribution >= 0.6 is 24.0 Å². The molecule has 0 aromatic heterocycles. The summed E-state index contributed by atoms with van der Waals surface area (Å²) in [6.45, 7) is 13.8. The van der Waals surface area contributed by atoms with Crippen molar-refractivity contribution in [3.05, 3.63) is 29.8 Å². The number of halogens is 1. The number of anilines is 1. The van der Waals surface area contributed by atoms with E-state index in [4.69, 9.17) is 0 Å². The average Bonchev–Trinajstić information content (AvgIpc) is 2.53. The largest absolute Gasteiger partial charge is 0.357 e. The summed E-state index contributed by atoms with van der Waals surface area (Å²) in [5.74, 6) is 1.36. The van der Waals surface area contributed by atoms with E-state index in [0.29, 0.717) is 18.5 Å². The molecule has 7 heteroatoms. The molecule has 1 aromatic rings. The maximum atomic E-state index is 11.7. The molecule has 2 amide bonds. The maximum Gasteiger partial charge on any atom is 0.319 e. The zero-order valence-electron chi connectivity index (χ0n) is 16.7. The minimum absolute atomic E-state index is 0. The van der Waals surface area contributed by atoms with Gasteiger partial charge in [0.2, 0.25) is 0 Å². The molecule has 0 spiro atoms. The summed E-state index contributed by atoms with van der Waals surface area (Å²) in [7, 11) is 0. The number of benzene rings is 1. The third-order valence-electron chi connectivity index (χ3n) is 3.76. The number of hydrogen-bond acceptors (Lipinski definition) is 2. The Morgan fingerprint density at radius 3 is 2.15 bits per heavy atom. The van der Waals surface area contributed by atoms with Gasteiger partial charge in [-0.05, 0) is 51.3 Å². The number of carbonyl (C=O) groups excluding carboxylic acids is 1. The molecule has 0 bridgehead atoms. The van der Waals surface area contributed by atoms with Gasteiger partial charge in [0.1, 0.15) is 0 Å². The highest BCUT2D eigenvalue weighted by Crippen LogP contribution is 2.10. The average molecular weight is 475 g/mol. The molecular weight excluding hydrogens is 441 g/mol. The Hall–Kier alpha value is -1.51. The molecular formula is C19H34IN5O. The second kappa shape index (κ2) is 12.8. The first-order valence-corrected chi connectivity index (χ1v) is 9.03. The van der Waals surface area contributed by atoms with Crippen LogP contribution in [-0.2, 0) is 6.54 Å². The van der Waals surface area contributed by atoms with Crippen LogP contribution in [0.5, 0.6) is 0 Å². The van der Waals surface area contributed by atoms with Crippen molar-refractivity contribution in [1.82, 2.24) is 16.0 Å². The van der Waals surface area contributed by atoms with E-state index >= 15 is 0 Å². The van der Waals surface area contributed by atoms with E-state index in [2.05, 4.69) is 54.0 Å². The molecule has 26 heavy (non-hydrogen) atoms. The van der Waals surface area contributed by atoms with Gasteiger partial charge in [-0.15, -0.1) is 24.0 Å². The minimum atomic E-state index is -0.193. The highest BCUT2D eigenvalue weighted by molar-refractivity contribution is 14.0. The van der Waals surface area contributed by atoms with Crippen molar-refractivity contribution in [2.45, 2.75) is 60.2 Å². The van der Waals surface area contributed by atoms with Crippen LogP contribution in [0.1, 0.15) is 47.1 Å². The standard InChI is InChI=1S/C19H33N5O.HI/c1-7-20-18(23-15(6)13(2)3)21-12-16-8-10-17(11-9-16)24-19(25)22-14(4)5;/h8-11,13-15H,7,12H2,1-6H3,(H2,20,21,23)(H2,22,24,25);1H. The van der Waals surface area contributed by atoms with Gasteiger partial charge < -0.3 is 21.3 Å². The van der Waals surface area contributed by atoms with Crippen molar-refractivity contribution in [3.63, 3.8) is 0 Å². The number of carbonyl (C=O) groups is 1. The van der Waals surface area contributed by atoms with Crippen LogP contribution in [0.2, 0.25) is 0 Å². The van der Waals surface area contributed by atoms with Gasteiger partial charge in [0.25, 0.3) is 0 Å². The molecule has 6 nitrogen and oxygen atoms in total. The summed E-state index contributed by atoms with van der Waals surface area (Å²) in [4.78, 5) is 16.3. The minimum Gasteiger partial charge on any atom is -0.357 e. The number of nitrogens with zero attached hydrogens (tertiary/aromatic N) is 1. The molecule has 1 aromatic carbocycles. The van der Waals surface area contributed by atoms with Gasteiger partial charge in [-0.25, -0.2) is 9.79 Å². The van der Waals surface area contributed by atoms with E-state index < -0.39 is 0 Å². The molecule has 1 atom stereocenters. The van der Waals surface area contributed by atoms with Crippen molar-refractivity contribution in [3.8, 4) is 0 Å². The van der Waals surface area contributed by atoms with Gasteiger partial charge in [-0.2, -0.15) is 0 Å². The molecule has 0 radical (unpaired) electrons. The molecule has 0 saturated carbocycles. The number of amides is 2. The van der Waals surface area contributed by atoms with E-state index in [9.17, 15) is 4.79 Å². The summed E-state index contributed by atoms with van der Waals surface area (Å²) in [5, 5.41) is 12.3. The highest BCUT2D eigenvalue weighted by atomic mass is 127. The van der Waals surface area contributed by atoms with Crippen molar-refractivity contribution in [2.75, 3.05) is 11.9 Å². The zero-order valence-corrected chi connectivity index (χ0v) is 19.0. The van der Waals surface area contributed by atoms with E-state index in [0.717, 1.165) is 23.8 Å². The quantitative estimate of drug-likeness (QED) is 0.274. The predicted molar refractivity (Wildman–Crippen MR) is 121 cm³/mol. The van der Waals surface area contributed by atoms with Gasteiger partial charge in [0.05, 0.1) is 6.54 Å². The van der Waals surface area contributed by atoms with E-state index in [1.165, 1.54) is 0 Å². The smallest absolute Gasteiger partial charge is 0.319 e. The normalized spacial score (nSPS) is 12.4. The molecule has 1 rings (SSSR count). The zero-order chi connectivity index (χ0) is 18.8. The van der Waals surface area contributed by atoms with Crippen LogP contribution in [-0.4, -0.2) is 30.6 Å². The van der Waals surface area contributed by atoms with Crippen molar-refractivity contribution < 1.29 is 4.79 Å². The Balaban J connectivity index is 0.00000625. The van der Waals surface area contributed by atoms with Gasteiger partial charge in [-0.3, -0.25) is 0 Å². The Kier molecular flexibility index (Phi) is 12.0. The van der Waals surface area contributed by atoms with Crippen LogP contribution in [0.3, 0.4) is 0 Å². The fourth-order valence-corrected chi connectivity index (χ4v) is 2.00. The lowest BCUT2D eigenvalue weighted by Gasteiger charge is -2.20. The Labute approximate surface area is 175 Å². The molecule has 0 saturated heterocycles. The summed E-state index contributed by atoms with van der Waals surface area (Å²) >= 11 is 0. The topological polar surface area (TPSA) is 77.5 Å². The first-order chi connectivity index (χ1) is 11.8. The van der Waals surface area contributed by atoms with E-state index in [-0.39, 0.29) is 36.0 Å². The fraction of sp³-hybridized carbons (Fsp3) is 0.579. The van der Waals surface area contributed by atoms with Gasteiger partial charge in [0, 0.05) is 24.3 Å². The number of urea groups is 1. The van der Waals surface area contributed by atoms with Crippen molar-refractivity contribution >= 4 is 41.7 Å². The maximum absolute atomic E-state index is 11.7. The van der Waals surface area contributed by atoms with Crippen LogP contribution in [0.15, 0.2) is 29.3 Å². The lowest BCUT2D eigenvalue weighted by molar-refractivity contribution is 0.250. The van der Waals surface area contributed by atoms with E-state index in [1.54, 1.807) is 0 Å². The van der Waals surface area contributed by atoms with Crippen LogP contribution in [0.4, 0.5) is 10.5 Å². The number of hydrogen-bond donors (Lipinski definition) is 4. The third kappa shape index (κ3) is 9.84. The summed E-state index contributed by atoms with van der Waals surface area (Å²) < 4.78 is 0. The van der Waals surface area contributed by atoms with Crippen LogP contribution < -0.4 is 21.3 Å². The number of rotatable bonds is 7. The summed E-state index contributed by atoms with van der Waals surface area (Å²) in [5.41, 5.74) is 1.86. The molecule has 4 N–H and O–H groups in total. The van der Waals surface area contributed by atoms with Crippen LogP contribution in [0, 0.1) is 5.92 Å². The number of nitrogens with one attached hydrogen (secondary N) is 4. The molecule has 0 aliphatic carbocycles. The first-order valence-electron chi connectivity index (χ1n) is 9.03. The number of aliphatic imine (C=N–C) groups is 1. The van der Waals surface area contributed by atoms with Crippen molar-refractivity contribution in [1.29, 1.82) is 0 Å². The van der Waals surface area contributed by atoms with Gasteiger partial charge in [-0.1, -0.05) is 26.0 Å². The van der Waals surface area contributed by atoms with E-state index in [1.807, 2.05) is 38.1 Å². The van der Waals surface area contributed by atoms with Gasteiger partial charge >= 0.3 is 6.03 Å². The lowest BCUT2D eigenvalue weighted by Crippen LogP contribution is -2.44. The predicted octanol–water partition coefficient (Wildman–Crippen LogP) is 3.93. The molecule has 0 aliphatic rings. The Morgan fingerprint density at radius 2 is 1.65 bits per heavy atom. The summed E-state index contributed by atoms with van der Waals surface area (Å²) in [6.07, 6.45) is 0. The SMILES string of the molecule is CCNC(=NCc1ccc(NC(=O)NC(C)C)cc1)NC(C)C(C)C.I. The highest BCUT2D eigenvalue weighted by Gasteiger charge is 2.08. The fourth-order valence-electron chi connectivity index (χ4n) is 2.00. The first kappa shape index (κ1) is 24.5. The molecule has 0 heterocycles. The molecule has 0 fully saturated rings. The second-order valence-electron chi connectivity index (χ2n) is 6.82. The van der Waals surface area contributed by atoms with Crippen molar-refractivity contribution in [2.24, 2.45) is 10.9 Å². The van der Waals surface area contributed by atoms with Gasteiger partial charge in [0.15, 0.2) is 5.96 Å². The lowest BCUT2D eigenvalue weighted by atomic mass is 10.1. The molecule has 0 aliphatic heterocycles.